The van der Waals surface area contributed by atoms with Crippen LogP contribution in [0.25, 0.3) is 0 Å². The molecule has 0 aromatic rings. The van der Waals surface area contributed by atoms with E-state index in [4.69, 9.17) is 9.84 Å². The van der Waals surface area contributed by atoms with Crippen molar-refractivity contribution in [2.75, 3.05) is 6.61 Å². The maximum Gasteiger partial charge on any atom is 0.115 e. The Kier molecular flexibility index (Phi) is 3.73. The highest BCUT2D eigenvalue weighted by Gasteiger charge is 2.49. The lowest BCUT2D eigenvalue weighted by Gasteiger charge is -2.29. The van der Waals surface area contributed by atoms with E-state index in [1.54, 1.807) is 0 Å². The Bertz CT molecular complexity index is 212. The van der Waals surface area contributed by atoms with Gasteiger partial charge in [0.15, 0.2) is 0 Å². The van der Waals surface area contributed by atoms with E-state index in [9.17, 15) is 15.3 Å². The molecule has 1 aliphatic rings. The lowest BCUT2D eigenvalue weighted by atomic mass is 9.85. The largest absolute Gasteiger partial charge is 0.394 e. The van der Waals surface area contributed by atoms with Crippen molar-refractivity contribution in [1.82, 2.24) is 0 Å². The molecule has 90 valence electrons. The van der Waals surface area contributed by atoms with E-state index >= 15 is 0 Å². The summed E-state index contributed by atoms with van der Waals surface area (Å²) in [7, 11) is 0. The summed E-state index contributed by atoms with van der Waals surface area (Å²) in [5, 5.41) is 37.5. The van der Waals surface area contributed by atoms with E-state index < -0.39 is 37.1 Å². The fraction of sp³-hybridized carbons (Fsp3) is 1.00. The number of aliphatic hydroxyl groups is 4. The molecule has 15 heavy (non-hydrogen) atoms. The molecule has 0 bridgehead atoms. The SMILES string of the molecule is CC(C)(C)[C@@H]1O[C@@H]([C@@H](O)CO)C(O)[C@@H]1O. The molecule has 1 fully saturated rings. The molecule has 1 rings (SSSR count). The smallest absolute Gasteiger partial charge is 0.115 e. The highest BCUT2D eigenvalue weighted by molar-refractivity contribution is 4.98. The van der Waals surface area contributed by atoms with Gasteiger partial charge in [-0.3, -0.25) is 0 Å². The first kappa shape index (κ1) is 12.9. The van der Waals surface area contributed by atoms with Crippen LogP contribution in [0.5, 0.6) is 0 Å². The van der Waals surface area contributed by atoms with Crippen molar-refractivity contribution >= 4 is 0 Å². The molecule has 1 unspecified atom stereocenters. The molecular formula is C10H20O5. The van der Waals surface area contributed by atoms with Crippen LogP contribution in [0.2, 0.25) is 0 Å². The molecule has 5 heteroatoms. The van der Waals surface area contributed by atoms with Gasteiger partial charge in [0.2, 0.25) is 0 Å². The molecule has 1 heterocycles. The molecule has 0 aromatic carbocycles. The van der Waals surface area contributed by atoms with E-state index in [-0.39, 0.29) is 5.41 Å². The van der Waals surface area contributed by atoms with E-state index in [1.165, 1.54) is 0 Å². The number of aliphatic hydroxyl groups excluding tert-OH is 4. The highest BCUT2D eigenvalue weighted by atomic mass is 16.6. The third-order valence-corrected chi connectivity index (χ3v) is 2.72. The average Bonchev–Trinajstić information content (AvgIpc) is 2.42. The number of rotatable bonds is 2. The van der Waals surface area contributed by atoms with Crippen LogP contribution in [0, 0.1) is 5.41 Å². The molecule has 1 saturated heterocycles. The summed E-state index contributed by atoms with van der Waals surface area (Å²) in [6, 6.07) is 0. The third kappa shape index (κ3) is 2.49. The van der Waals surface area contributed by atoms with Crippen LogP contribution in [-0.2, 0) is 4.74 Å². The standard InChI is InChI=1S/C10H20O5/c1-10(2,3)9-7(14)6(13)8(15-9)5(12)4-11/h5-9,11-14H,4H2,1-3H3/t5-,6?,7-,8-,9+/m0/s1. The summed E-state index contributed by atoms with van der Waals surface area (Å²) in [5.41, 5.74) is -0.329. The summed E-state index contributed by atoms with van der Waals surface area (Å²) < 4.78 is 5.39. The van der Waals surface area contributed by atoms with Crippen molar-refractivity contribution in [3.05, 3.63) is 0 Å². The minimum Gasteiger partial charge on any atom is -0.394 e. The molecule has 0 spiro atoms. The van der Waals surface area contributed by atoms with Crippen molar-refractivity contribution in [2.45, 2.75) is 51.3 Å². The molecule has 0 saturated carbocycles. The summed E-state index contributed by atoms with van der Waals surface area (Å²) in [6.45, 7) is 5.13. The Hall–Kier alpha value is -0.200. The van der Waals surface area contributed by atoms with Gasteiger partial charge < -0.3 is 25.2 Å². The summed E-state index contributed by atoms with van der Waals surface area (Å²) in [6.07, 6.45) is -4.82. The van der Waals surface area contributed by atoms with E-state index in [0.29, 0.717) is 0 Å². The molecule has 5 atom stereocenters. The van der Waals surface area contributed by atoms with E-state index in [0.717, 1.165) is 0 Å². The average molecular weight is 220 g/mol. The zero-order valence-electron chi connectivity index (χ0n) is 9.29. The van der Waals surface area contributed by atoms with Crippen LogP contribution in [0.15, 0.2) is 0 Å². The fourth-order valence-corrected chi connectivity index (χ4v) is 1.84. The predicted molar refractivity (Wildman–Crippen MR) is 53.2 cm³/mol. The summed E-state index contributed by atoms with van der Waals surface area (Å²) >= 11 is 0. The molecule has 0 aromatic heterocycles. The van der Waals surface area contributed by atoms with Crippen LogP contribution in [0.3, 0.4) is 0 Å². The Morgan fingerprint density at radius 2 is 1.73 bits per heavy atom. The highest BCUT2D eigenvalue weighted by Crippen LogP contribution is 2.34. The van der Waals surface area contributed by atoms with Gasteiger partial charge in [0.1, 0.15) is 24.4 Å². The molecule has 0 radical (unpaired) electrons. The van der Waals surface area contributed by atoms with Crippen LogP contribution in [0.4, 0.5) is 0 Å². The monoisotopic (exact) mass is 220 g/mol. The Balaban J connectivity index is 2.76. The Morgan fingerprint density at radius 1 is 1.20 bits per heavy atom. The zero-order chi connectivity index (χ0) is 11.8. The molecule has 5 nitrogen and oxygen atoms in total. The predicted octanol–water partition coefficient (Wildman–Crippen LogP) is -1.13. The Labute approximate surface area is 89.3 Å². The molecule has 0 amide bonds. The van der Waals surface area contributed by atoms with Crippen LogP contribution < -0.4 is 0 Å². The second-order valence-electron chi connectivity index (χ2n) is 5.12. The van der Waals surface area contributed by atoms with Gasteiger partial charge >= 0.3 is 0 Å². The lowest BCUT2D eigenvalue weighted by molar-refractivity contribution is -0.101. The summed E-state index contributed by atoms with van der Waals surface area (Å²) in [4.78, 5) is 0. The quantitative estimate of drug-likeness (QED) is 0.473. The van der Waals surface area contributed by atoms with Crippen molar-refractivity contribution < 1.29 is 25.2 Å². The van der Waals surface area contributed by atoms with E-state index in [2.05, 4.69) is 0 Å². The molecule has 0 aliphatic carbocycles. The van der Waals surface area contributed by atoms with Gasteiger partial charge in [-0.25, -0.2) is 0 Å². The second-order valence-corrected chi connectivity index (χ2v) is 5.12. The van der Waals surface area contributed by atoms with E-state index in [1.807, 2.05) is 20.8 Å². The molecule has 4 N–H and O–H groups in total. The molecular weight excluding hydrogens is 200 g/mol. The van der Waals surface area contributed by atoms with Crippen LogP contribution in [-0.4, -0.2) is 57.6 Å². The minimum absolute atomic E-state index is 0.329. The fourth-order valence-electron chi connectivity index (χ4n) is 1.84. The third-order valence-electron chi connectivity index (χ3n) is 2.72. The van der Waals surface area contributed by atoms with Gasteiger partial charge in [-0.1, -0.05) is 20.8 Å². The Morgan fingerprint density at radius 3 is 2.07 bits per heavy atom. The van der Waals surface area contributed by atoms with Crippen molar-refractivity contribution in [3.63, 3.8) is 0 Å². The summed E-state index contributed by atoms with van der Waals surface area (Å²) in [5.74, 6) is 0. The van der Waals surface area contributed by atoms with Gasteiger partial charge in [0.25, 0.3) is 0 Å². The number of hydrogen-bond donors (Lipinski definition) is 4. The zero-order valence-corrected chi connectivity index (χ0v) is 9.29. The van der Waals surface area contributed by atoms with Gasteiger partial charge in [-0.2, -0.15) is 0 Å². The number of ether oxygens (including phenoxy) is 1. The first-order chi connectivity index (χ1) is 6.79. The van der Waals surface area contributed by atoms with Gasteiger partial charge in [-0.05, 0) is 5.41 Å². The van der Waals surface area contributed by atoms with Crippen molar-refractivity contribution in [3.8, 4) is 0 Å². The topological polar surface area (TPSA) is 90.2 Å². The van der Waals surface area contributed by atoms with Gasteiger partial charge in [-0.15, -0.1) is 0 Å². The maximum absolute atomic E-state index is 9.74. The van der Waals surface area contributed by atoms with Crippen molar-refractivity contribution in [1.29, 1.82) is 0 Å². The first-order valence-electron chi connectivity index (χ1n) is 5.09. The van der Waals surface area contributed by atoms with Gasteiger partial charge in [0, 0.05) is 0 Å². The second kappa shape index (κ2) is 4.35. The van der Waals surface area contributed by atoms with Crippen molar-refractivity contribution in [2.24, 2.45) is 5.41 Å². The normalized spacial score (nSPS) is 39.4. The number of hydrogen-bond acceptors (Lipinski definition) is 5. The van der Waals surface area contributed by atoms with Crippen LogP contribution >= 0.6 is 0 Å². The van der Waals surface area contributed by atoms with Crippen LogP contribution in [0.1, 0.15) is 20.8 Å². The first-order valence-corrected chi connectivity index (χ1v) is 5.09. The lowest BCUT2D eigenvalue weighted by Crippen LogP contribution is -2.41. The maximum atomic E-state index is 9.74. The minimum atomic E-state index is -1.16. The van der Waals surface area contributed by atoms with Gasteiger partial charge in [0.05, 0.1) is 12.7 Å². The molecule has 1 aliphatic heterocycles.